The first kappa shape index (κ1) is 16.4. The number of hydrogen-bond acceptors (Lipinski definition) is 2. The van der Waals surface area contributed by atoms with Crippen molar-refractivity contribution in [1.82, 2.24) is 5.32 Å². The molecule has 0 saturated heterocycles. The van der Waals surface area contributed by atoms with Gasteiger partial charge in [-0.05, 0) is 42.9 Å². The molecule has 2 unspecified atom stereocenters. The van der Waals surface area contributed by atoms with E-state index in [1.54, 1.807) is 0 Å². The van der Waals surface area contributed by atoms with E-state index in [1.165, 1.54) is 37.1 Å². The second-order valence-corrected chi connectivity index (χ2v) is 7.08. The van der Waals surface area contributed by atoms with Gasteiger partial charge in [0.1, 0.15) is 0 Å². The zero-order valence-corrected chi connectivity index (χ0v) is 14.2. The number of nitrogens with one attached hydrogen (secondary N) is 1. The molecule has 0 aliphatic carbocycles. The van der Waals surface area contributed by atoms with E-state index < -0.39 is 0 Å². The Kier molecular flexibility index (Phi) is 6.10. The molecular weight excluding hydrogens is 256 g/mol. The van der Waals surface area contributed by atoms with Crippen molar-refractivity contribution in [1.29, 1.82) is 0 Å². The number of nitrogens with zero attached hydrogens (tertiary/aromatic N) is 1. The molecule has 1 heterocycles. The maximum Gasteiger partial charge on any atom is 0.0414 e. The van der Waals surface area contributed by atoms with E-state index in [4.69, 9.17) is 0 Å². The second kappa shape index (κ2) is 7.84. The number of benzene rings is 1. The molecule has 1 aromatic rings. The van der Waals surface area contributed by atoms with Gasteiger partial charge >= 0.3 is 0 Å². The average Bonchev–Trinajstić information content (AvgIpc) is 2.45. The Balaban J connectivity index is 2.11. The zero-order chi connectivity index (χ0) is 15.2. The summed E-state index contributed by atoms with van der Waals surface area (Å²) in [6.07, 6.45) is 3.75. The van der Waals surface area contributed by atoms with Gasteiger partial charge in [-0.1, -0.05) is 52.3 Å². The van der Waals surface area contributed by atoms with Crippen LogP contribution in [0.3, 0.4) is 0 Å². The minimum atomic E-state index is 0.623. The molecule has 1 aliphatic heterocycles. The fourth-order valence-corrected chi connectivity index (χ4v) is 3.42. The lowest BCUT2D eigenvalue weighted by molar-refractivity contribution is 0.430. The summed E-state index contributed by atoms with van der Waals surface area (Å²) in [6.45, 7) is 12.7. The molecule has 2 atom stereocenters. The summed E-state index contributed by atoms with van der Waals surface area (Å²) < 4.78 is 0. The highest BCUT2D eigenvalue weighted by Crippen LogP contribution is 2.31. The first-order valence-electron chi connectivity index (χ1n) is 8.67. The highest BCUT2D eigenvalue weighted by Gasteiger charge is 2.26. The van der Waals surface area contributed by atoms with Gasteiger partial charge in [0.25, 0.3) is 0 Å². The van der Waals surface area contributed by atoms with Crippen molar-refractivity contribution in [3.63, 3.8) is 0 Å². The van der Waals surface area contributed by atoms with Gasteiger partial charge in [0.2, 0.25) is 0 Å². The van der Waals surface area contributed by atoms with Crippen molar-refractivity contribution in [3.05, 3.63) is 29.8 Å². The van der Waals surface area contributed by atoms with E-state index in [2.05, 4.69) is 62.2 Å². The summed E-state index contributed by atoms with van der Waals surface area (Å²) >= 11 is 0. The lowest BCUT2D eigenvalue weighted by Gasteiger charge is -2.41. The van der Waals surface area contributed by atoms with Crippen molar-refractivity contribution in [2.75, 3.05) is 24.5 Å². The third kappa shape index (κ3) is 4.47. The number of para-hydroxylation sites is 1. The zero-order valence-electron chi connectivity index (χ0n) is 14.2. The first-order chi connectivity index (χ1) is 10.1. The minimum absolute atomic E-state index is 0.623. The summed E-state index contributed by atoms with van der Waals surface area (Å²) in [5.74, 6) is 1.48. The van der Waals surface area contributed by atoms with Crippen LogP contribution in [0.15, 0.2) is 24.3 Å². The van der Waals surface area contributed by atoms with Crippen molar-refractivity contribution in [3.8, 4) is 0 Å². The van der Waals surface area contributed by atoms with Crippen LogP contribution in [0, 0.1) is 11.8 Å². The van der Waals surface area contributed by atoms with E-state index >= 15 is 0 Å². The standard InChI is InChI=1S/C19H32N2/c1-5-8-18(13-20-12-15(2)3)21-14-16(4)11-17-9-6-7-10-19(17)21/h6-7,9-10,15-16,18,20H,5,8,11-14H2,1-4H3. The molecule has 0 aromatic heterocycles. The maximum absolute atomic E-state index is 3.67. The maximum atomic E-state index is 3.67. The van der Waals surface area contributed by atoms with Gasteiger partial charge in [0.15, 0.2) is 0 Å². The van der Waals surface area contributed by atoms with Gasteiger partial charge in [0, 0.05) is 24.8 Å². The van der Waals surface area contributed by atoms with Crippen molar-refractivity contribution >= 4 is 5.69 Å². The molecule has 2 rings (SSSR count). The highest BCUT2D eigenvalue weighted by molar-refractivity contribution is 5.56. The van der Waals surface area contributed by atoms with Crippen LogP contribution in [0.1, 0.15) is 46.1 Å². The Morgan fingerprint density at radius 2 is 2.00 bits per heavy atom. The molecule has 0 bridgehead atoms. The Morgan fingerprint density at radius 1 is 1.24 bits per heavy atom. The summed E-state index contributed by atoms with van der Waals surface area (Å²) in [7, 11) is 0. The van der Waals surface area contributed by atoms with E-state index in [-0.39, 0.29) is 0 Å². The average molecular weight is 288 g/mol. The first-order valence-corrected chi connectivity index (χ1v) is 8.67. The molecule has 0 amide bonds. The van der Waals surface area contributed by atoms with Gasteiger partial charge in [-0.25, -0.2) is 0 Å². The van der Waals surface area contributed by atoms with Crippen LogP contribution < -0.4 is 10.2 Å². The molecular formula is C19H32N2. The molecule has 1 aromatic carbocycles. The number of hydrogen-bond donors (Lipinski definition) is 1. The molecule has 2 heteroatoms. The Bertz CT molecular complexity index is 427. The molecule has 2 nitrogen and oxygen atoms in total. The van der Waals surface area contributed by atoms with Crippen LogP contribution in [0.5, 0.6) is 0 Å². The molecule has 0 fully saturated rings. The Hall–Kier alpha value is -1.02. The van der Waals surface area contributed by atoms with Crippen LogP contribution >= 0.6 is 0 Å². The van der Waals surface area contributed by atoms with E-state index in [1.807, 2.05) is 0 Å². The molecule has 0 saturated carbocycles. The van der Waals surface area contributed by atoms with Crippen molar-refractivity contribution < 1.29 is 0 Å². The minimum Gasteiger partial charge on any atom is -0.367 e. The summed E-state index contributed by atoms with van der Waals surface area (Å²) in [6, 6.07) is 9.61. The van der Waals surface area contributed by atoms with E-state index in [9.17, 15) is 0 Å². The van der Waals surface area contributed by atoms with Crippen LogP contribution in [-0.2, 0) is 6.42 Å². The lowest BCUT2D eigenvalue weighted by atomic mass is 9.92. The molecule has 118 valence electrons. The molecule has 21 heavy (non-hydrogen) atoms. The van der Waals surface area contributed by atoms with Gasteiger partial charge in [0.05, 0.1) is 0 Å². The summed E-state index contributed by atoms with van der Waals surface area (Å²) in [5, 5.41) is 3.67. The van der Waals surface area contributed by atoms with Crippen LogP contribution in [-0.4, -0.2) is 25.7 Å². The largest absolute Gasteiger partial charge is 0.367 e. The summed E-state index contributed by atoms with van der Waals surface area (Å²) in [4.78, 5) is 2.67. The number of rotatable bonds is 7. The predicted molar refractivity (Wildman–Crippen MR) is 93.1 cm³/mol. The molecule has 0 spiro atoms. The SMILES string of the molecule is CCCC(CNCC(C)C)N1CC(C)Cc2ccccc21. The fourth-order valence-electron chi connectivity index (χ4n) is 3.42. The van der Waals surface area contributed by atoms with Crippen molar-refractivity contribution in [2.45, 2.75) is 53.0 Å². The number of anilines is 1. The number of fused-ring (bicyclic) bond motifs is 1. The third-order valence-electron chi connectivity index (χ3n) is 4.37. The monoisotopic (exact) mass is 288 g/mol. The third-order valence-corrected chi connectivity index (χ3v) is 4.37. The Labute approximate surface area is 130 Å². The highest BCUT2D eigenvalue weighted by atomic mass is 15.2. The Morgan fingerprint density at radius 3 is 2.71 bits per heavy atom. The second-order valence-electron chi connectivity index (χ2n) is 7.08. The van der Waals surface area contributed by atoms with Crippen molar-refractivity contribution in [2.24, 2.45) is 11.8 Å². The van der Waals surface area contributed by atoms with Crippen LogP contribution in [0.2, 0.25) is 0 Å². The van der Waals surface area contributed by atoms with E-state index in [0.29, 0.717) is 6.04 Å². The van der Waals surface area contributed by atoms with Gasteiger partial charge in [-0.15, -0.1) is 0 Å². The lowest BCUT2D eigenvalue weighted by Crippen LogP contribution is -2.47. The van der Waals surface area contributed by atoms with Gasteiger partial charge in [-0.2, -0.15) is 0 Å². The fraction of sp³-hybridized carbons (Fsp3) is 0.684. The normalized spacial score (nSPS) is 19.7. The predicted octanol–water partition coefficient (Wildman–Crippen LogP) is 4.10. The molecule has 1 N–H and O–H groups in total. The van der Waals surface area contributed by atoms with Crippen LogP contribution in [0.4, 0.5) is 5.69 Å². The smallest absolute Gasteiger partial charge is 0.0414 e. The quantitative estimate of drug-likeness (QED) is 0.812. The van der Waals surface area contributed by atoms with E-state index in [0.717, 1.165) is 24.9 Å². The van der Waals surface area contributed by atoms with Crippen LogP contribution in [0.25, 0.3) is 0 Å². The topological polar surface area (TPSA) is 15.3 Å². The molecule has 1 aliphatic rings. The van der Waals surface area contributed by atoms with Gasteiger partial charge < -0.3 is 10.2 Å². The van der Waals surface area contributed by atoms with Gasteiger partial charge in [-0.3, -0.25) is 0 Å². The summed E-state index contributed by atoms with van der Waals surface area (Å²) in [5.41, 5.74) is 3.00. The molecule has 0 radical (unpaired) electrons.